The van der Waals surface area contributed by atoms with Crippen molar-refractivity contribution in [2.24, 2.45) is 0 Å². The molecule has 1 N–H and O–H groups in total. The van der Waals surface area contributed by atoms with Crippen molar-refractivity contribution in [2.75, 3.05) is 31.1 Å². The second kappa shape index (κ2) is 5.87. The third-order valence-electron chi connectivity index (χ3n) is 5.85. The molecule has 2 aromatic heterocycles. The van der Waals surface area contributed by atoms with Gasteiger partial charge in [-0.2, -0.15) is 0 Å². The zero-order chi connectivity index (χ0) is 17.6. The van der Waals surface area contributed by atoms with Gasteiger partial charge >= 0.3 is 0 Å². The van der Waals surface area contributed by atoms with Gasteiger partial charge in [0.1, 0.15) is 0 Å². The van der Waals surface area contributed by atoms with Gasteiger partial charge in [0.2, 0.25) is 5.91 Å². The van der Waals surface area contributed by atoms with Crippen molar-refractivity contribution >= 4 is 22.5 Å². The van der Waals surface area contributed by atoms with Gasteiger partial charge in [-0.25, -0.2) is 0 Å². The van der Waals surface area contributed by atoms with E-state index in [2.05, 4.69) is 39.1 Å². The van der Waals surface area contributed by atoms with Gasteiger partial charge in [-0.05, 0) is 42.7 Å². The maximum Gasteiger partial charge on any atom is 0.233 e. The zero-order valence-electron chi connectivity index (χ0n) is 14.7. The number of hydrogen-bond donors (Lipinski definition) is 1. The Morgan fingerprint density at radius 1 is 1.04 bits per heavy atom. The molecule has 0 unspecified atom stereocenters. The topological polar surface area (TPSA) is 52.2 Å². The summed E-state index contributed by atoms with van der Waals surface area (Å²) in [5.74, 6) is 0.282. The number of H-pyrrole nitrogens is 1. The van der Waals surface area contributed by atoms with Crippen LogP contribution in [0.1, 0.15) is 18.4 Å². The van der Waals surface area contributed by atoms with Crippen molar-refractivity contribution in [3.63, 3.8) is 0 Å². The summed E-state index contributed by atoms with van der Waals surface area (Å²) in [7, 11) is 0. The molecule has 5 heteroatoms. The van der Waals surface area contributed by atoms with Crippen LogP contribution in [-0.4, -0.2) is 47.0 Å². The molecule has 1 saturated heterocycles. The highest BCUT2D eigenvalue weighted by molar-refractivity contribution is 5.93. The van der Waals surface area contributed by atoms with Crippen LogP contribution in [0.2, 0.25) is 0 Å². The molecule has 0 radical (unpaired) electrons. The van der Waals surface area contributed by atoms with Crippen molar-refractivity contribution in [2.45, 2.75) is 18.3 Å². The third-order valence-corrected chi connectivity index (χ3v) is 5.85. The highest BCUT2D eigenvalue weighted by Crippen LogP contribution is 2.49. The summed E-state index contributed by atoms with van der Waals surface area (Å²) >= 11 is 0. The van der Waals surface area contributed by atoms with Crippen LogP contribution in [0.4, 0.5) is 5.69 Å². The Hall–Kier alpha value is -2.82. The normalized spacial score (nSPS) is 18.9. The average Bonchev–Trinajstić information content (AvgIpc) is 3.38. The lowest BCUT2D eigenvalue weighted by Gasteiger charge is -2.38. The molecular formula is C21H22N4O. The number of aromatic amines is 1. The van der Waals surface area contributed by atoms with Crippen molar-refractivity contribution in [1.29, 1.82) is 0 Å². The number of rotatable bonds is 3. The predicted octanol–water partition coefficient (Wildman–Crippen LogP) is 2.94. The van der Waals surface area contributed by atoms with Gasteiger partial charge in [-0.15, -0.1) is 0 Å². The maximum absolute atomic E-state index is 13.2. The van der Waals surface area contributed by atoms with E-state index in [9.17, 15) is 4.79 Å². The standard InChI is InChI=1S/C21H22N4O/c26-20(21(7-8-21)16-3-2-9-22-15-16)25-13-11-24(12-14-25)19-5-1-4-18-17(19)6-10-23-18/h1-6,9-10,15,23H,7-8,11-14H2. The smallest absolute Gasteiger partial charge is 0.233 e. The van der Waals surface area contributed by atoms with E-state index in [1.54, 1.807) is 6.20 Å². The molecule has 5 rings (SSSR count). The summed E-state index contributed by atoms with van der Waals surface area (Å²) in [6, 6.07) is 12.5. The fourth-order valence-electron chi connectivity index (χ4n) is 4.19. The molecule has 1 amide bonds. The van der Waals surface area contributed by atoms with Crippen LogP contribution in [0.3, 0.4) is 0 Å². The van der Waals surface area contributed by atoms with Crippen LogP contribution >= 0.6 is 0 Å². The van der Waals surface area contributed by atoms with Crippen LogP contribution in [0.25, 0.3) is 10.9 Å². The molecule has 1 aliphatic carbocycles. The number of benzene rings is 1. The number of nitrogens with zero attached hydrogens (tertiary/aromatic N) is 3. The summed E-state index contributed by atoms with van der Waals surface area (Å²) < 4.78 is 0. The molecule has 2 aliphatic rings. The van der Waals surface area contributed by atoms with E-state index in [0.717, 1.165) is 50.1 Å². The number of carbonyl (C=O) groups is 1. The number of anilines is 1. The minimum Gasteiger partial charge on any atom is -0.367 e. The summed E-state index contributed by atoms with van der Waals surface area (Å²) in [6.07, 6.45) is 7.50. The number of hydrogen-bond acceptors (Lipinski definition) is 3. The van der Waals surface area contributed by atoms with Crippen LogP contribution in [0.5, 0.6) is 0 Å². The van der Waals surface area contributed by atoms with E-state index >= 15 is 0 Å². The minimum atomic E-state index is -0.308. The van der Waals surface area contributed by atoms with Crippen molar-refractivity contribution in [1.82, 2.24) is 14.9 Å². The number of carbonyl (C=O) groups excluding carboxylic acids is 1. The molecule has 26 heavy (non-hydrogen) atoms. The zero-order valence-corrected chi connectivity index (χ0v) is 14.7. The molecule has 3 heterocycles. The minimum absolute atomic E-state index is 0.282. The van der Waals surface area contributed by atoms with Crippen LogP contribution in [0, 0.1) is 0 Å². The Balaban J connectivity index is 1.32. The first-order valence-electron chi connectivity index (χ1n) is 9.29. The molecule has 5 nitrogen and oxygen atoms in total. The van der Waals surface area contributed by atoms with Gasteiger partial charge in [0.25, 0.3) is 0 Å². The molecular weight excluding hydrogens is 324 g/mol. The quantitative estimate of drug-likeness (QED) is 0.793. The van der Waals surface area contributed by atoms with E-state index in [4.69, 9.17) is 0 Å². The van der Waals surface area contributed by atoms with Crippen LogP contribution in [-0.2, 0) is 10.2 Å². The summed E-state index contributed by atoms with van der Waals surface area (Å²) in [5, 5.41) is 1.25. The van der Waals surface area contributed by atoms with Crippen molar-refractivity contribution in [3.05, 3.63) is 60.6 Å². The van der Waals surface area contributed by atoms with Gasteiger partial charge in [-0.3, -0.25) is 9.78 Å². The Morgan fingerprint density at radius 3 is 2.62 bits per heavy atom. The monoisotopic (exact) mass is 346 g/mol. The van der Waals surface area contributed by atoms with Crippen LogP contribution < -0.4 is 4.90 Å². The number of aromatic nitrogens is 2. The summed E-state index contributed by atoms with van der Waals surface area (Å²) in [5.41, 5.74) is 3.18. The summed E-state index contributed by atoms with van der Waals surface area (Å²) in [4.78, 5) is 25.1. The van der Waals surface area contributed by atoms with Gasteiger partial charge < -0.3 is 14.8 Å². The molecule has 132 valence electrons. The van der Waals surface area contributed by atoms with E-state index in [0.29, 0.717) is 0 Å². The Bertz CT molecular complexity index is 937. The molecule has 0 atom stereocenters. The number of amides is 1. The van der Waals surface area contributed by atoms with Crippen LogP contribution in [0.15, 0.2) is 55.0 Å². The van der Waals surface area contributed by atoms with E-state index in [1.165, 1.54) is 11.1 Å². The predicted molar refractivity (Wildman–Crippen MR) is 102 cm³/mol. The molecule has 0 spiro atoms. The fraction of sp³-hybridized carbons (Fsp3) is 0.333. The largest absolute Gasteiger partial charge is 0.367 e. The fourth-order valence-corrected chi connectivity index (χ4v) is 4.19. The number of fused-ring (bicyclic) bond motifs is 1. The van der Waals surface area contributed by atoms with E-state index < -0.39 is 0 Å². The van der Waals surface area contributed by atoms with Gasteiger partial charge in [0.05, 0.1) is 5.41 Å². The second-order valence-corrected chi connectivity index (χ2v) is 7.32. The highest BCUT2D eigenvalue weighted by atomic mass is 16.2. The van der Waals surface area contributed by atoms with Crippen molar-refractivity contribution in [3.8, 4) is 0 Å². The number of pyridine rings is 1. The lowest BCUT2D eigenvalue weighted by Crippen LogP contribution is -2.51. The number of piperazine rings is 1. The first kappa shape index (κ1) is 15.4. The molecule has 3 aromatic rings. The molecule has 2 fully saturated rings. The Kier molecular flexibility index (Phi) is 3.48. The highest BCUT2D eigenvalue weighted by Gasteiger charge is 2.53. The average molecular weight is 346 g/mol. The number of nitrogens with one attached hydrogen (secondary N) is 1. The van der Waals surface area contributed by atoms with Gasteiger partial charge in [0, 0.05) is 61.4 Å². The van der Waals surface area contributed by atoms with E-state index in [1.807, 2.05) is 29.4 Å². The molecule has 0 bridgehead atoms. The third kappa shape index (κ3) is 2.38. The van der Waals surface area contributed by atoms with E-state index in [-0.39, 0.29) is 11.3 Å². The molecule has 1 aromatic carbocycles. The maximum atomic E-state index is 13.2. The SMILES string of the molecule is O=C(N1CCN(c2cccc3[nH]ccc23)CC1)C1(c2cccnc2)CC1. The molecule has 1 aliphatic heterocycles. The lowest BCUT2D eigenvalue weighted by molar-refractivity contribution is -0.134. The first-order valence-corrected chi connectivity index (χ1v) is 9.29. The second-order valence-electron chi connectivity index (χ2n) is 7.32. The summed E-state index contributed by atoms with van der Waals surface area (Å²) in [6.45, 7) is 3.31. The van der Waals surface area contributed by atoms with Gasteiger partial charge in [-0.1, -0.05) is 12.1 Å². The molecule has 1 saturated carbocycles. The Morgan fingerprint density at radius 2 is 1.88 bits per heavy atom. The van der Waals surface area contributed by atoms with Gasteiger partial charge in [0.15, 0.2) is 0 Å². The first-order chi connectivity index (χ1) is 12.8. The van der Waals surface area contributed by atoms with Crippen molar-refractivity contribution < 1.29 is 4.79 Å². The lowest BCUT2D eigenvalue weighted by atomic mass is 9.95. The Labute approximate surface area is 152 Å².